The number of halogens is 2. The predicted molar refractivity (Wildman–Crippen MR) is 143 cm³/mol. The third kappa shape index (κ3) is 6.00. The predicted octanol–water partition coefficient (Wildman–Crippen LogP) is 4.22. The molecule has 0 saturated carbocycles. The molecule has 214 valence electrons. The van der Waals surface area contributed by atoms with Crippen LogP contribution in [0.1, 0.15) is 43.4 Å². The first kappa shape index (κ1) is 29.2. The van der Waals surface area contributed by atoms with Crippen LogP contribution in [0.4, 0.5) is 18.4 Å². The zero-order valence-electron chi connectivity index (χ0n) is 22.8. The number of hydrogen-bond acceptors (Lipinski definition) is 6. The standard InChI is InChI=1S/C29H34F2N4O5/c1-19-24(26(36)39-2)25(20-10-11-22(30)23(31)18-20)35(28(38)33-19)27(37)32-14-7-15-34-16-12-29(40-3,13-17-34)21-8-5-4-6-9-21/h4-6,8-11,18,25H,7,12-17H2,1-3H3,(H,32,37)(H,33,38). The first-order chi connectivity index (χ1) is 19.2. The number of rotatable bonds is 8. The molecule has 2 aliphatic heterocycles. The lowest BCUT2D eigenvalue weighted by atomic mass is 9.84. The topological polar surface area (TPSA) is 100 Å². The highest BCUT2D eigenvalue weighted by atomic mass is 19.2. The molecule has 1 fully saturated rings. The van der Waals surface area contributed by atoms with Gasteiger partial charge in [-0.3, -0.25) is 0 Å². The number of nitrogens with zero attached hydrogens (tertiary/aromatic N) is 2. The summed E-state index contributed by atoms with van der Waals surface area (Å²) >= 11 is 0. The number of urea groups is 2. The van der Waals surface area contributed by atoms with Crippen molar-refractivity contribution in [2.24, 2.45) is 0 Å². The molecule has 2 aromatic rings. The summed E-state index contributed by atoms with van der Waals surface area (Å²) in [5, 5.41) is 5.21. The van der Waals surface area contributed by atoms with E-state index < -0.39 is 35.7 Å². The fourth-order valence-electron chi connectivity index (χ4n) is 5.40. The number of carbonyl (C=O) groups excluding carboxylic acids is 3. The maximum Gasteiger partial charge on any atom is 0.337 e. The van der Waals surface area contributed by atoms with Crippen LogP contribution < -0.4 is 10.6 Å². The van der Waals surface area contributed by atoms with Crippen molar-refractivity contribution in [2.45, 2.75) is 37.8 Å². The Kier molecular flexibility index (Phi) is 9.16. The highest BCUT2D eigenvalue weighted by molar-refractivity contribution is 6.01. The molecule has 11 heteroatoms. The highest BCUT2D eigenvalue weighted by Crippen LogP contribution is 2.37. The molecule has 0 radical (unpaired) electrons. The molecule has 1 saturated heterocycles. The smallest absolute Gasteiger partial charge is 0.337 e. The number of imide groups is 1. The Bertz CT molecular complexity index is 1280. The summed E-state index contributed by atoms with van der Waals surface area (Å²) in [5.74, 6) is -3.07. The summed E-state index contributed by atoms with van der Waals surface area (Å²) in [6, 6.07) is 10.3. The number of allylic oxidation sites excluding steroid dienone is 1. The summed E-state index contributed by atoms with van der Waals surface area (Å²) in [6.07, 6.45) is 2.29. The molecular weight excluding hydrogens is 522 g/mol. The second kappa shape index (κ2) is 12.6. The second-order valence-electron chi connectivity index (χ2n) is 9.90. The SMILES string of the molecule is COC(=O)C1=C(C)NC(=O)N(C(=O)NCCCN2CCC(OC)(c3ccccc3)CC2)C1c1ccc(F)c(F)c1. The van der Waals surface area contributed by atoms with Crippen molar-refractivity contribution in [2.75, 3.05) is 40.4 Å². The molecule has 9 nitrogen and oxygen atoms in total. The molecule has 2 aromatic carbocycles. The molecular formula is C29H34F2N4O5. The minimum Gasteiger partial charge on any atom is -0.466 e. The van der Waals surface area contributed by atoms with Crippen molar-refractivity contribution in [3.8, 4) is 0 Å². The monoisotopic (exact) mass is 556 g/mol. The first-order valence-corrected chi connectivity index (χ1v) is 13.2. The van der Waals surface area contributed by atoms with E-state index in [0.717, 1.165) is 62.2 Å². The summed E-state index contributed by atoms with van der Waals surface area (Å²) in [7, 11) is 2.90. The molecule has 1 atom stereocenters. The Balaban J connectivity index is 1.39. The van der Waals surface area contributed by atoms with Crippen molar-refractivity contribution in [3.05, 3.63) is 82.6 Å². The summed E-state index contributed by atoms with van der Waals surface area (Å²) < 4.78 is 38.6. The van der Waals surface area contributed by atoms with Gasteiger partial charge in [-0.25, -0.2) is 28.1 Å². The van der Waals surface area contributed by atoms with E-state index in [2.05, 4.69) is 27.7 Å². The number of carbonyl (C=O) groups is 3. The van der Waals surface area contributed by atoms with Crippen LogP contribution in [0.15, 0.2) is 59.8 Å². The number of amides is 4. The summed E-state index contributed by atoms with van der Waals surface area (Å²) in [6.45, 7) is 4.11. The van der Waals surface area contributed by atoms with Gasteiger partial charge in [0.2, 0.25) is 0 Å². The van der Waals surface area contributed by atoms with Gasteiger partial charge in [-0.05, 0) is 56.0 Å². The minimum absolute atomic E-state index is 0.0528. The molecule has 1 unspecified atom stereocenters. The summed E-state index contributed by atoms with van der Waals surface area (Å²) in [5.41, 5.74) is 0.998. The van der Waals surface area contributed by atoms with Crippen molar-refractivity contribution in [1.82, 2.24) is 20.4 Å². The lowest BCUT2D eigenvalue weighted by Gasteiger charge is -2.41. The highest BCUT2D eigenvalue weighted by Gasteiger charge is 2.42. The van der Waals surface area contributed by atoms with Crippen molar-refractivity contribution in [3.63, 3.8) is 0 Å². The first-order valence-electron chi connectivity index (χ1n) is 13.2. The lowest BCUT2D eigenvalue weighted by molar-refractivity contribution is -0.136. The maximum absolute atomic E-state index is 14.1. The number of benzene rings is 2. The van der Waals surface area contributed by atoms with E-state index in [1.807, 2.05) is 18.2 Å². The molecule has 40 heavy (non-hydrogen) atoms. The number of ether oxygens (including phenoxy) is 2. The Labute approximate surface area is 232 Å². The molecule has 4 rings (SSSR count). The largest absolute Gasteiger partial charge is 0.466 e. The molecule has 2 heterocycles. The van der Waals surface area contributed by atoms with Gasteiger partial charge in [0, 0.05) is 32.4 Å². The third-order valence-corrected chi connectivity index (χ3v) is 7.61. The molecule has 0 spiro atoms. The van der Waals surface area contributed by atoms with Gasteiger partial charge in [0.05, 0.1) is 18.3 Å². The molecule has 0 aromatic heterocycles. The zero-order chi connectivity index (χ0) is 28.9. The molecule has 4 amide bonds. The van der Waals surface area contributed by atoms with Gasteiger partial charge in [-0.2, -0.15) is 0 Å². The Hall–Kier alpha value is -3.83. The van der Waals surface area contributed by atoms with Gasteiger partial charge >= 0.3 is 18.0 Å². The average Bonchev–Trinajstić information content (AvgIpc) is 2.96. The molecule has 2 aliphatic rings. The fraction of sp³-hybridized carbons (Fsp3) is 0.414. The zero-order valence-corrected chi connectivity index (χ0v) is 22.8. The lowest BCUT2D eigenvalue weighted by Crippen LogP contribution is -2.54. The Morgan fingerprint density at radius 2 is 1.77 bits per heavy atom. The molecule has 2 N–H and O–H groups in total. The van der Waals surface area contributed by atoms with Crippen molar-refractivity contribution in [1.29, 1.82) is 0 Å². The van der Waals surface area contributed by atoms with E-state index >= 15 is 0 Å². The summed E-state index contributed by atoms with van der Waals surface area (Å²) in [4.78, 5) is 41.8. The van der Waals surface area contributed by atoms with Gasteiger partial charge < -0.3 is 25.0 Å². The van der Waals surface area contributed by atoms with Crippen molar-refractivity contribution < 1.29 is 32.6 Å². The van der Waals surface area contributed by atoms with Crippen LogP contribution >= 0.6 is 0 Å². The minimum atomic E-state index is -1.31. The van der Waals surface area contributed by atoms with Crippen LogP contribution in [0, 0.1) is 11.6 Å². The number of nitrogens with one attached hydrogen (secondary N) is 2. The van der Waals surface area contributed by atoms with Gasteiger partial charge in [0.1, 0.15) is 6.04 Å². The van der Waals surface area contributed by atoms with Crippen LogP contribution in [0.2, 0.25) is 0 Å². The number of hydrogen-bond donors (Lipinski definition) is 2. The van der Waals surface area contributed by atoms with E-state index in [4.69, 9.17) is 9.47 Å². The number of methoxy groups -OCH3 is 2. The maximum atomic E-state index is 14.1. The Morgan fingerprint density at radius 3 is 2.40 bits per heavy atom. The van der Waals surface area contributed by atoms with Crippen LogP contribution in [0.5, 0.6) is 0 Å². The van der Waals surface area contributed by atoms with Gasteiger partial charge in [0.15, 0.2) is 11.6 Å². The van der Waals surface area contributed by atoms with Crippen LogP contribution in [0.25, 0.3) is 0 Å². The molecule has 0 bridgehead atoms. The quantitative estimate of drug-likeness (QED) is 0.373. The van der Waals surface area contributed by atoms with E-state index in [-0.39, 0.29) is 29.0 Å². The number of esters is 1. The Morgan fingerprint density at radius 1 is 1.07 bits per heavy atom. The van der Waals surface area contributed by atoms with E-state index in [1.54, 1.807) is 7.11 Å². The number of likely N-dealkylation sites (tertiary alicyclic amines) is 1. The van der Waals surface area contributed by atoms with Gasteiger partial charge in [0.25, 0.3) is 0 Å². The van der Waals surface area contributed by atoms with E-state index in [0.29, 0.717) is 6.42 Å². The van der Waals surface area contributed by atoms with E-state index in [9.17, 15) is 23.2 Å². The number of piperidine rings is 1. The third-order valence-electron chi connectivity index (χ3n) is 7.61. The van der Waals surface area contributed by atoms with Crippen LogP contribution in [-0.2, 0) is 19.9 Å². The van der Waals surface area contributed by atoms with Crippen molar-refractivity contribution >= 4 is 18.0 Å². The molecule has 0 aliphatic carbocycles. The van der Waals surface area contributed by atoms with Gasteiger partial charge in [-0.1, -0.05) is 36.4 Å². The van der Waals surface area contributed by atoms with Gasteiger partial charge in [-0.15, -0.1) is 0 Å². The fourth-order valence-corrected chi connectivity index (χ4v) is 5.40. The van der Waals surface area contributed by atoms with Crippen LogP contribution in [0.3, 0.4) is 0 Å². The van der Waals surface area contributed by atoms with Crippen LogP contribution in [-0.4, -0.2) is 68.2 Å². The second-order valence-corrected chi connectivity index (χ2v) is 9.90. The van der Waals surface area contributed by atoms with E-state index in [1.165, 1.54) is 13.0 Å². The normalized spacial score (nSPS) is 19.3. The average molecular weight is 557 g/mol.